The topological polar surface area (TPSA) is 69.7 Å². The molecule has 0 spiro atoms. The van der Waals surface area contributed by atoms with Crippen LogP contribution in [0.5, 0.6) is 0 Å². The number of amides is 1. The number of benzene rings is 3. The molecule has 6 nitrogen and oxygen atoms in total. The predicted molar refractivity (Wildman–Crippen MR) is 126 cm³/mol. The van der Waals surface area contributed by atoms with Gasteiger partial charge in [-0.3, -0.25) is 15.2 Å². The summed E-state index contributed by atoms with van der Waals surface area (Å²) < 4.78 is 27.4. The molecule has 1 aliphatic rings. The molecule has 1 saturated heterocycles. The molecule has 0 aliphatic carbocycles. The van der Waals surface area contributed by atoms with Gasteiger partial charge in [0.1, 0.15) is 0 Å². The number of anilines is 2. The maximum atomic E-state index is 13.1. The zero-order valence-electron chi connectivity index (χ0n) is 18.0. The summed E-state index contributed by atoms with van der Waals surface area (Å²) in [6.45, 7) is 2.57. The molecule has 1 N–H and O–H groups in total. The highest BCUT2D eigenvalue weighted by Gasteiger charge is 2.32. The number of nitrogens with zero attached hydrogens (tertiary/aromatic N) is 2. The van der Waals surface area contributed by atoms with Crippen molar-refractivity contribution in [2.45, 2.75) is 24.7 Å². The van der Waals surface area contributed by atoms with Crippen molar-refractivity contribution < 1.29 is 13.2 Å². The van der Waals surface area contributed by atoms with Gasteiger partial charge in [-0.25, -0.2) is 8.42 Å². The maximum absolute atomic E-state index is 13.1. The summed E-state index contributed by atoms with van der Waals surface area (Å²) in [4.78, 5) is 13.4. The number of rotatable bonds is 6. The smallest absolute Gasteiger partial charge is 0.243 e. The second kappa shape index (κ2) is 9.54. The Labute approximate surface area is 189 Å². The fourth-order valence-electron chi connectivity index (χ4n) is 3.85. The highest BCUT2D eigenvalue weighted by molar-refractivity contribution is 7.89. The quantitative estimate of drug-likeness (QED) is 0.571. The molecule has 0 radical (unpaired) electrons. The van der Waals surface area contributed by atoms with Gasteiger partial charge in [-0.1, -0.05) is 54.1 Å². The van der Waals surface area contributed by atoms with E-state index in [4.69, 9.17) is 0 Å². The Hall–Kier alpha value is -3.16. The van der Waals surface area contributed by atoms with Crippen molar-refractivity contribution in [2.24, 2.45) is 5.92 Å². The number of hydrogen-bond acceptors (Lipinski definition) is 4. The number of hydrogen-bond donors (Lipinski definition) is 1. The number of carbonyl (C=O) groups is 1. The molecule has 4 rings (SSSR count). The van der Waals surface area contributed by atoms with Crippen LogP contribution >= 0.6 is 0 Å². The fraction of sp³-hybridized carbons (Fsp3) is 0.240. The molecule has 0 unspecified atom stereocenters. The van der Waals surface area contributed by atoms with Gasteiger partial charge in [0.05, 0.1) is 16.3 Å². The third-order valence-corrected chi connectivity index (χ3v) is 7.65. The number of piperidine rings is 1. The molecule has 1 fully saturated rings. The first-order valence-electron chi connectivity index (χ1n) is 10.7. The van der Waals surface area contributed by atoms with Crippen molar-refractivity contribution in [3.8, 4) is 0 Å². The fourth-order valence-corrected chi connectivity index (χ4v) is 5.32. The summed E-state index contributed by atoms with van der Waals surface area (Å²) in [6.07, 6.45) is 0.961. The Balaban J connectivity index is 1.44. The lowest BCUT2D eigenvalue weighted by Crippen LogP contribution is -2.47. The molecule has 0 bridgehead atoms. The third kappa shape index (κ3) is 4.84. The molecule has 3 aromatic rings. The maximum Gasteiger partial charge on any atom is 0.243 e. The van der Waals surface area contributed by atoms with Gasteiger partial charge in [0.15, 0.2) is 0 Å². The lowest BCUT2D eigenvalue weighted by Gasteiger charge is -2.32. The van der Waals surface area contributed by atoms with Crippen molar-refractivity contribution in [3.63, 3.8) is 0 Å². The summed E-state index contributed by atoms with van der Waals surface area (Å²) in [5.41, 5.74) is 5.76. The molecule has 0 aromatic heterocycles. The van der Waals surface area contributed by atoms with Crippen LogP contribution in [0.1, 0.15) is 18.4 Å². The molecule has 1 amide bonds. The summed E-state index contributed by atoms with van der Waals surface area (Å²) in [5, 5.41) is 1.78. The minimum absolute atomic E-state index is 0.106. The van der Waals surface area contributed by atoms with E-state index in [1.54, 1.807) is 29.3 Å². The number of sulfonamides is 1. The first-order chi connectivity index (χ1) is 15.4. The van der Waals surface area contributed by atoms with Crippen LogP contribution in [-0.4, -0.2) is 31.7 Å². The lowest BCUT2D eigenvalue weighted by molar-refractivity contribution is -0.126. The number of para-hydroxylation sites is 2. The Kier molecular flexibility index (Phi) is 6.58. The second-order valence-electron chi connectivity index (χ2n) is 7.97. The van der Waals surface area contributed by atoms with E-state index in [1.165, 1.54) is 4.31 Å². The number of carbonyl (C=O) groups excluding carboxylic acids is 1. The van der Waals surface area contributed by atoms with E-state index < -0.39 is 10.0 Å². The highest BCUT2D eigenvalue weighted by Crippen LogP contribution is 2.26. The van der Waals surface area contributed by atoms with Gasteiger partial charge in [-0.2, -0.15) is 4.31 Å². The zero-order chi connectivity index (χ0) is 22.6. The average Bonchev–Trinajstić information content (AvgIpc) is 2.84. The second-order valence-corrected chi connectivity index (χ2v) is 9.91. The van der Waals surface area contributed by atoms with E-state index in [2.05, 4.69) is 5.43 Å². The van der Waals surface area contributed by atoms with Crippen LogP contribution in [0, 0.1) is 12.8 Å². The molecule has 32 heavy (non-hydrogen) atoms. The minimum atomic E-state index is -3.55. The van der Waals surface area contributed by atoms with Gasteiger partial charge in [-0.05, 0) is 56.2 Å². The minimum Gasteiger partial charge on any atom is -0.273 e. The van der Waals surface area contributed by atoms with Gasteiger partial charge < -0.3 is 0 Å². The largest absolute Gasteiger partial charge is 0.273 e. The number of nitrogens with one attached hydrogen (secondary N) is 1. The molecule has 0 atom stereocenters. The van der Waals surface area contributed by atoms with E-state index in [0.717, 1.165) is 16.9 Å². The van der Waals surface area contributed by atoms with Crippen LogP contribution in [0.4, 0.5) is 11.4 Å². The molecule has 0 saturated carbocycles. The summed E-state index contributed by atoms with van der Waals surface area (Å²) in [5.74, 6) is -0.362. The standard InChI is InChI=1S/C25H27N3O3S/c1-20-12-14-24(15-13-20)32(30,31)27-18-16-21(17-19-27)25(29)26-28(22-8-4-2-5-9-22)23-10-6-3-7-11-23/h2-15,21H,16-19H2,1H3,(H,26,29). The highest BCUT2D eigenvalue weighted by atomic mass is 32.2. The van der Waals surface area contributed by atoms with Crippen LogP contribution in [0.3, 0.4) is 0 Å². The van der Waals surface area contributed by atoms with Crippen molar-refractivity contribution in [3.05, 3.63) is 90.5 Å². The number of hydrazine groups is 1. The van der Waals surface area contributed by atoms with Crippen molar-refractivity contribution in [1.82, 2.24) is 9.73 Å². The predicted octanol–water partition coefficient (Wildman–Crippen LogP) is 4.27. The third-order valence-electron chi connectivity index (χ3n) is 5.73. The van der Waals surface area contributed by atoms with Crippen LogP contribution in [0.15, 0.2) is 89.8 Å². The van der Waals surface area contributed by atoms with Crippen molar-refractivity contribution in [1.29, 1.82) is 0 Å². The van der Waals surface area contributed by atoms with E-state index in [0.29, 0.717) is 30.8 Å². The molecular weight excluding hydrogens is 422 g/mol. The Morgan fingerprint density at radius 1 is 0.844 bits per heavy atom. The molecule has 1 aliphatic heterocycles. The summed E-state index contributed by atoms with van der Waals surface area (Å²) in [6, 6.07) is 26.2. The van der Waals surface area contributed by atoms with Crippen LogP contribution in [0.25, 0.3) is 0 Å². The van der Waals surface area contributed by atoms with E-state index in [-0.39, 0.29) is 11.8 Å². The Morgan fingerprint density at radius 3 is 1.84 bits per heavy atom. The van der Waals surface area contributed by atoms with Gasteiger partial charge in [-0.15, -0.1) is 0 Å². The van der Waals surface area contributed by atoms with Gasteiger partial charge in [0, 0.05) is 19.0 Å². The first-order valence-corrected chi connectivity index (χ1v) is 12.2. The first kappa shape index (κ1) is 22.0. The van der Waals surface area contributed by atoms with Crippen LogP contribution in [-0.2, 0) is 14.8 Å². The SMILES string of the molecule is Cc1ccc(S(=O)(=O)N2CCC(C(=O)NN(c3ccccc3)c3ccccc3)CC2)cc1. The molecular formula is C25H27N3O3S. The Bertz CT molecular complexity index is 1100. The zero-order valence-corrected chi connectivity index (χ0v) is 18.8. The summed E-state index contributed by atoms with van der Waals surface area (Å²) in [7, 11) is -3.55. The van der Waals surface area contributed by atoms with E-state index in [9.17, 15) is 13.2 Å². The Morgan fingerprint density at radius 2 is 1.34 bits per heavy atom. The van der Waals surface area contributed by atoms with E-state index >= 15 is 0 Å². The monoisotopic (exact) mass is 449 g/mol. The van der Waals surface area contributed by atoms with E-state index in [1.807, 2.05) is 67.6 Å². The van der Waals surface area contributed by atoms with Gasteiger partial charge >= 0.3 is 0 Å². The van der Waals surface area contributed by atoms with Crippen molar-refractivity contribution in [2.75, 3.05) is 18.1 Å². The molecule has 3 aromatic carbocycles. The van der Waals surface area contributed by atoms with Gasteiger partial charge in [0.25, 0.3) is 0 Å². The van der Waals surface area contributed by atoms with Gasteiger partial charge in [0.2, 0.25) is 15.9 Å². The number of aryl methyl sites for hydroxylation is 1. The summed E-state index contributed by atoms with van der Waals surface area (Å²) >= 11 is 0. The van der Waals surface area contributed by atoms with Crippen LogP contribution in [0.2, 0.25) is 0 Å². The lowest BCUT2D eigenvalue weighted by atomic mass is 9.97. The average molecular weight is 450 g/mol. The molecule has 1 heterocycles. The van der Waals surface area contributed by atoms with Crippen molar-refractivity contribution >= 4 is 27.3 Å². The molecule has 7 heteroatoms. The molecule has 166 valence electrons. The normalized spacial score (nSPS) is 15.3. The van der Waals surface area contributed by atoms with Crippen LogP contribution < -0.4 is 10.4 Å².